The Morgan fingerprint density at radius 1 is 1.67 bits per heavy atom. The molecule has 0 spiro atoms. The average molecular weight is 166 g/mol. The molecule has 64 valence electrons. The zero-order chi connectivity index (χ0) is 8.77. The highest BCUT2D eigenvalue weighted by atomic mass is 16.6. The Balaban J connectivity index is 2.23. The highest BCUT2D eigenvalue weighted by Crippen LogP contribution is 2.38. The van der Waals surface area contributed by atoms with E-state index in [1.54, 1.807) is 19.1 Å². The van der Waals surface area contributed by atoms with Crippen LogP contribution in [0.1, 0.15) is 24.4 Å². The molecule has 0 N–H and O–H groups in total. The third-order valence-electron chi connectivity index (χ3n) is 2.34. The number of Topliss-reactive ketones (excluding diaryl/α,β-unsaturated/α-hetero) is 1. The molecule has 1 aliphatic heterocycles. The van der Waals surface area contributed by atoms with Crippen molar-refractivity contribution in [3.63, 3.8) is 0 Å². The van der Waals surface area contributed by atoms with Gasteiger partial charge in [0.25, 0.3) is 0 Å². The first kappa shape index (κ1) is 7.55. The van der Waals surface area contributed by atoms with Crippen LogP contribution in [-0.2, 0) is 4.74 Å². The van der Waals surface area contributed by atoms with E-state index >= 15 is 0 Å². The Kier molecular flexibility index (Phi) is 1.38. The van der Waals surface area contributed by atoms with Crippen molar-refractivity contribution in [1.29, 1.82) is 0 Å². The minimum Gasteiger partial charge on any atom is -0.461 e. The van der Waals surface area contributed by atoms with Crippen LogP contribution in [0.25, 0.3) is 0 Å². The number of rotatable bonds is 2. The van der Waals surface area contributed by atoms with Gasteiger partial charge in [0.05, 0.1) is 12.4 Å². The van der Waals surface area contributed by atoms with Crippen molar-refractivity contribution in [2.24, 2.45) is 0 Å². The van der Waals surface area contributed by atoms with Crippen LogP contribution in [0.15, 0.2) is 22.8 Å². The topological polar surface area (TPSA) is 42.7 Å². The predicted molar refractivity (Wildman–Crippen MR) is 42.0 cm³/mol. The van der Waals surface area contributed by atoms with E-state index in [4.69, 9.17) is 9.15 Å². The van der Waals surface area contributed by atoms with Crippen LogP contribution in [0.4, 0.5) is 0 Å². The Morgan fingerprint density at radius 2 is 2.33 bits per heavy atom. The first-order valence-electron chi connectivity index (χ1n) is 3.91. The quantitative estimate of drug-likeness (QED) is 0.495. The highest BCUT2D eigenvalue weighted by Gasteiger charge is 2.56. The molecular formula is C9H10O3. The summed E-state index contributed by atoms with van der Waals surface area (Å²) >= 11 is 0. The van der Waals surface area contributed by atoms with Crippen LogP contribution in [-0.4, -0.2) is 17.5 Å². The molecule has 2 heterocycles. The van der Waals surface area contributed by atoms with E-state index in [9.17, 15) is 4.79 Å². The van der Waals surface area contributed by atoms with Gasteiger partial charge in [-0.2, -0.15) is 0 Å². The van der Waals surface area contributed by atoms with E-state index in [-0.39, 0.29) is 11.9 Å². The van der Waals surface area contributed by atoms with Gasteiger partial charge in [-0.1, -0.05) is 0 Å². The van der Waals surface area contributed by atoms with E-state index in [2.05, 4.69) is 0 Å². The molecule has 1 aromatic rings. The Hall–Kier alpha value is -1.09. The zero-order valence-corrected chi connectivity index (χ0v) is 7.03. The molecule has 0 saturated carbocycles. The lowest BCUT2D eigenvalue weighted by atomic mass is 10.0. The van der Waals surface area contributed by atoms with Crippen LogP contribution >= 0.6 is 0 Å². The van der Waals surface area contributed by atoms with Crippen molar-refractivity contribution in [1.82, 2.24) is 0 Å². The van der Waals surface area contributed by atoms with Crippen molar-refractivity contribution in [2.45, 2.75) is 25.6 Å². The first-order chi connectivity index (χ1) is 5.64. The van der Waals surface area contributed by atoms with E-state index in [1.807, 2.05) is 6.92 Å². The largest absolute Gasteiger partial charge is 0.461 e. The highest BCUT2D eigenvalue weighted by molar-refractivity contribution is 6.02. The van der Waals surface area contributed by atoms with Crippen LogP contribution in [0.2, 0.25) is 0 Å². The lowest BCUT2D eigenvalue weighted by Crippen LogP contribution is -2.22. The molecule has 2 rings (SSSR count). The van der Waals surface area contributed by atoms with Gasteiger partial charge in [-0.25, -0.2) is 0 Å². The minimum atomic E-state index is -0.641. The number of ketones is 1. The first-order valence-corrected chi connectivity index (χ1v) is 3.91. The maximum absolute atomic E-state index is 11.6. The number of carbonyl (C=O) groups excluding carboxylic acids is 1. The molecule has 0 bridgehead atoms. The second kappa shape index (κ2) is 2.20. The summed E-state index contributed by atoms with van der Waals surface area (Å²) in [6.45, 7) is 3.66. The standard InChI is InChI=1S/C9H10O3/c1-6-9(2,12-6)8(10)7-4-3-5-11-7/h3-6H,1-2H3. The molecule has 0 radical (unpaired) electrons. The number of hydrogen-bond acceptors (Lipinski definition) is 3. The van der Waals surface area contributed by atoms with Gasteiger partial charge in [0.15, 0.2) is 11.4 Å². The van der Waals surface area contributed by atoms with Gasteiger partial charge < -0.3 is 9.15 Å². The molecule has 1 saturated heterocycles. The van der Waals surface area contributed by atoms with E-state index in [0.29, 0.717) is 5.76 Å². The summed E-state index contributed by atoms with van der Waals surface area (Å²) in [7, 11) is 0. The van der Waals surface area contributed by atoms with E-state index < -0.39 is 5.60 Å². The van der Waals surface area contributed by atoms with E-state index in [0.717, 1.165) is 0 Å². The monoisotopic (exact) mass is 166 g/mol. The SMILES string of the molecule is CC1OC1(C)C(=O)c1ccco1. The molecule has 2 atom stereocenters. The third-order valence-corrected chi connectivity index (χ3v) is 2.34. The van der Waals surface area contributed by atoms with Gasteiger partial charge in [0.1, 0.15) is 0 Å². The maximum atomic E-state index is 11.6. The van der Waals surface area contributed by atoms with Gasteiger partial charge in [-0.3, -0.25) is 4.79 Å². The second-order valence-electron chi connectivity index (χ2n) is 3.17. The average Bonchev–Trinajstić information content (AvgIpc) is 2.59. The van der Waals surface area contributed by atoms with Crippen molar-refractivity contribution < 1.29 is 13.9 Å². The zero-order valence-electron chi connectivity index (χ0n) is 7.03. The van der Waals surface area contributed by atoms with Crippen molar-refractivity contribution in [2.75, 3.05) is 0 Å². The molecule has 0 aromatic carbocycles. The fourth-order valence-electron chi connectivity index (χ4n) is 1.22. The fraction of sp³-hybridized carbons (Fsp3) is 0.444. The van der Waals surface area contributed by atoms with Gasteiger partial charge >= 0.3 is 0 Å². The predicted octanol–water partition coefficient (Wildman–Crippen LogP) is 1.64. The lowest BCUT2D eigenvalue weighted by Gasteiger charge is -1.99. The summed E-state index contributed by atoms with van der Waals surface area (Å²) in [5.74, 6) is 0.307. The molecule has 0 aliphatic carbocycles. The number of carbonyl (C=O) groups is 1. The van der Waals surface area contributed by atoms with E-state index in [1.165, 1.54) is 6.26 Å². The molecule has 3 nitrogen and oxygen atoms in total. The minimum absolute atomic E-state index is 0.00935. The summed E-state index contributed by atoms with van der Waals surface area (Å²) in [5, 5.41) is 0. The van der Waals surface area contributed by atoms with Gasteiger partial charge in [0.2, 0.25) is 5.78 Å². The Labute approximate surface area is 70.3 Å². The molecule has 1 aromatic heterocycles. The maximum Gasteiger partial charge on any atom is 0.232 e. The molecule has 0 amide bonds. The summed E-state index contributed by atoms with van der Waals surface area (Å²) in [6.07, 6.45) is 1.50. The normalized spacial score (nSPS) is 33.3. The molecule has 1 aliphatic rings. The number of hydrogen-bond donors (Lipinski definition) is 0. The summed E-state index contributed by atoms with van der Waals surface area (Å²) in [4.78, 5) is 11.6. The van der Waals surface area contributed by atoms with Gasteiger partial charge in [-0.15, -0.1) is 0 Å². The molecule has 12 heavy (non-hydrogen) atoms. The summed E-state index contributed by atoms with van der Waals surface area (Å²) < 4.78 is 10.2. The summed E-state index contributed by atoms with van der Waals surface area (Å²) in [6, 6.07) is 3.35. The lowest BCUT2D eigenvalue weighted by molar-refractivity contribution is 0.0859. The number of ether oxygens (including phenoxy) is 1. The molecule has 3 heteroatoms. The third kappa shape index (κ3) is 0.898. The van der Waals surface area contributed by atoms with Crippen LogP contribution in [0.3, 0.4) is 0 Å². The van der Waals surface area contributed by atoms with Gasteiger partial charge in [-0.05, 0) is 26.0 Å². The Bertz CT molecular complexity index is 302. The van der Waals surface area contributed by atoms with Crippen LogP contribution in [0, 0.1) is 0 Å². The van der Waals surface area contributed by atoms with Crippen molar-refractivity contribution in [3.05, 3.63) is 24.2 Å². The smallest absolute Gasteiger partial charge is 0.232 e. The molecule has 2 unspecified atom stereocenters. The van der Waals surface area contributed by atoms with Crippen LogP contribution in [0.5, 0.6) is 0 Å². The fourth-order valence-corrected chi connectivity index (χ4v) is 1.22. The number of furan rings is 1. The van der Waals surface area contributed by atoms with Gasteiger partial charge in [0, 0.05) is 0 Å². The van der Waals surface area contributed by atoms with Crippen molar-refractivity contribution in [3.8, 4) is 0 Å². The summed E-state index contributed by atoms with van der Waals surface area (Å²) in [5.41, 5.74) is -0.641. The number of epoxide rings is 1. The molecule has 1 fully saturated rings. The van der Waals surface area contributed by atoms with Crippen molar-refractivity contribution >= 4 is 5.78 Å². The second-order valence-corrected chi connectivity index (χ2v) is 3.17. The van der Waals surface area contributed by atoms with Crippen LogP contribution < -0.4 is 0 Å². The molecular weight excluding hydrogens is 156 g/mol. The Morgan fingerprint density at radius 3 is 2.75 bits per heavy atom.